The molecule has 1 fully saturated rings. The smallest absolute Gasteiger partial charge is 0.460 e. The second-order valence-corrected chi connectivity index (χ2v) is 4.86. The van der Waals surface area contributed by atoms with Gasteiger partial charge < -0.3 is 18.7 Å². The first-order chi connectivity index (χ1) is 7.91. The van der Waals surface area contributed by atoms with Crippen LogP contribution in [-0.4, -0.2) is 39.7 Å². The Bertz CT molecular complexity index is 280. The summed E-state index contributed by atoms with van der Waals surface area (Å²) in [5.41, 5.74) is 0.392. The molecule has 0 aromatic carbocycles. The molecule has 0 amide bonds. The zero-order valence-electron chi connectivity index (χ0n) is 10.7. The summed E-state index contributed by atoms with van der Waals surface area (Å²) in [4.78, 5) is 11.0. The minimum Gasteiger partial charge on any atom is -0.460 e. The zero-order chi connectivity index (χ0) is 12.9. The Morgan fingerprint density at radius 1 is 1.35 bits per heavy atom. The number of rotatable bonds is 5. The number of esters is 1. The minimum absolute atomic E-state index is 0.0201. The maximum atomic E-state index is 11.0. The minimum atomic E-state index is -0.661. The van der Waals surface area contributed by atoms with Gasteiger partial charge in [-0.3, -0.25) is 0 Å². The summed E-state index contributed by atoms with van der Waals surface area (Å²) in [6.07, 6.45) is 0. The van der Waals surface area contributed by atoms with Crippen molar-refractivity contribution in [3.05, 3.63) is 12.2 Å². The first-order valence-corrected chi connectivity index (χ1v) is 5.58. The van der Waals surface area contributed by atoms with E-state index in [4.69, 9.17) is 18.7 Å². The highest BCUT2D eigenvalue weighted by atomic mass is 16.7. The SMILES string of the molecule is C=C(C)C(=O)OCCOB1OCC(C)(C)CO1. The lowest BCUT2D eigenvalue weighted by Gasteiger charge is -2.31. The number of hydrogen-bond donors (Lipinski definition) is 0. The van der Waals surface area contributed by atoms with E-state index in [1.54, 1.807) is 6.92 Å². The van der Waals surface area contributed by atoms with Gasteiger partial charge in [-0.15, -0.1) is 0 Å². The first-order valence-electron chi connectivity index (χ1n) is 5.58. The molecule has 1 saturated heterocycles. The Morgan fingerprint density at radius 3 is 2.47 bits per heavy atom. The van der Waals surface area contributed by atoms with Crippen LogP contribution in [0.5, 0.6) is 0 Å². The molecule has 1 aliphatic heterocycles. The standard InChI is InChI=1S/C11H19BO5/c1-9(2)10(13)14-5-6-15-12-16-7-11(3,4)8-17-12/h1,5-8H2,2-4H3. The second kappa shape index (κ2) is 6.19. The molecule has 0 N–H and O–H groups in total. The van der Waals surface area contributed by atoms with Crippen molar-refractivity contribution in [1.82, 2.24) is 0 Å². The topological polar surface area (TPSA) is 54.0 Å². The highest BCUT2D eigenvalue weighted by Crippen LogP contribution is 2.21. The maximum absolute atomic E-state index is 11.0. The monoisotopic (exact) mass is 242 g/mol. The molecular weight excluding hydrogens is 223 g/mol. The average Bonchev–Trinajstić information content (AvgIpc) is 2.25. The molecule has 0 aromatic heterocycles. The van der Waals surface area contributed by atoms with Crippen molar-refractivity contribution >= 4 is 13.3 Å². The van der Waals surface area contributed by atoms with Crippen LogP contribution in [0.15, 0.2) is 12.2 Å². The van der Waals surface area contributed by atoms with Gasteiger partial charge in [0.05, 0.1) is 6.61 Å². The van der Waals surface area contributed by atoms with Gasteiger partial charge in [-0.05, 0) is 6.92 Å². The zero-order valence-corrected chi connectivity index (χ0v) is 10.7. The van der Waals surface area contributed by atoms with Crippen molar-refractivity contribution in [1.29, 1.82) is 0 Å². The van der Waals surface area contributed by atoms with Crippen LogP contribution in [-0.2, 0) is 23.5 Å². The van der Waals surface area contributed by atoms with Crippen molar-refractivity contribution in [2.45, 2.75) is 20.8 Å². The Kier molecular flexibility index (Phi) is 5.17. The van der Waals surface area contributed by atoms with Gasteiger partial charge in [0, 0.05) is 24.2 Å². The molecule has 0 atom stereocenters. The summed E-state index contributed by atoms with van der Waals surface area (Å²) in [6.45, 7) is 10.8. The third-order valence-electron chi connectivity index (χ3n) is 2.14. The third kappa shape index (κ3) is 5.34. The predicted octanol–water partition coefficient (Wildman–Crippen LogP) is 1.18. The molecule has 1 aliphatic rings. The molecule has 0 aromatic rings. The van der Waals surface area contributed by atoms with Crippen LogP contribution in [0.4, 0.5) is 0 Å². The van der Waals surface area contributed by atoms with E-state index >= 15 is 0 Å². The molecule has 0 spiro atoms. The fourth-order valence-electron chi connectivity index (χ4n) is 1.18. The average molecular weight is 242 g/mol. The largest absolute Gasteiger partial charge is 0.639 e. The molecule has 0 saturated carbocycles. The lowest BCUT2D eigenvalue weighted by atomic mass is 9.93. The van der Waals surface area contributed by atoms with Crippen molar-refractivity contribution in [2.24, 2.45) is 5.41 Å². The van der Waals surface area contributed by atoms with Crippen LogP contribution in [0.25, 0.3) is 0 Å². The van der Waals surface area contributed by atoms with E-state index in [1.165, 1.54) is 0 Å². The summed E-state index contributed by atoms with van der Waals surface area (Å²) >= 11 is 0. The Balaban J connectivity index is 2.08. The Labute approximate surface area is 102 Å². The van der Waals surface area contributed by atoms with Crippen LogP contribution in [0, 0.1) is 5.41 Å². The molecule has 0 bridgehead atoms. The quantitative estimate of drug-likeness (QED) is 0.313. The van der Waals surface area contributed by atoms with Gasteiger partial charge in [0.25, 0.3) is 0 Å². The summed E-state index contributed by atoms with van der Waals surface area (Å²) < 4.78 is 20.8. The van der Waals surface area contributed by atoms with Crippen molar-refractivity contribution in [3.8, 4) is 0 Å². The first kappa shape index (κ1) is 14.2. The predicted molar refractivity (Wildman–Crippen MR) is 63.2 cm³/mol. The molecular formula is C11H19BO5. The number of hydrogen-bond acceptors (Lipinski definition) is 5. The molecule has 1 rings (SSSR count). The fourth-order valence-corrected chi connectivity index (χ4v) is 1.18. The lowest BCUT2D eigenvalue weighted by Crippen LogP contribution is -2.42. The van der Waals surface area contributed by atoms with Crippen LogP contribution < -0.4 is 0 Å². The van der Waals surface area contributed by atoms with Gasteiger partial charge in [-0.1, -0.05) is 20.4 Å². The van der Waals surface area contributed by atoms with Crippen LogP contribution in [0.3, 0.4) is 0 Å². The number of ether oxygens (including phenoxy) is 1. The van der Waals surface area contributed by atoms with Gasteiger partial charge >= 0.3 is 13.3 Å². The van der Waals surface area contributed by atoms with E-state index in [0.29, 0.717) is 18.8 Å². The van der Waals surface area contributed by atoms with Crippen molar-refractivity contribution in [2.75, 3.05) is 26.4 Å². The van der Waals surface area contributed by atoms with E-state index in [1.807, 2.05) is 0 Å². The Hall–Kier alpha value is -0.845. The van der Waals surface area contributed by atoms with E-state index in [0.717, 1.165) is 0 Å². The van der Waals surface area contributed by atoms with Crippen LogP contribution >= 0.6 is 0 Å². The molecule has 96 valence electrons. The molecule has 6 heteroatoms. The third-order valence-corrected chi connectivity index (χ3v) is 2.14. The van der Waals surface area contributed by atoms with Crippen molar-refractivity contribution < 1.29 is 23.5 Å². The summed E-state index contributed by atoms with van der Waals surface area (Å²) in [5, 5.41) is 0. The van der Waals surface area contributed by atoms with Crippen LogP contribution in [0.1, 0.15) is 20.8 Å². The van der Waals surface area contributed by atoms with Gasteiger partial charge in [0.1, 0.15) is 6.61 Å². The maximum Gasteiger partial charge on any atom is 0.639 e. The van der Waals surface area contributed by atoms with Gasteiger partial charge in [0.2, 0.25) is 0 Å². The summed E-state index contributed by atoms with van der Waals surface area (Å²) in [6, 6.07) is 0. The van der Waals surface area contributed by atoms with Crippen LogP contribution in [0.2, 0.25) is 0 Å². The Morgan fingerprint density at radius 2 is 1.94 bits per heavy atom. The molecule has 5 nitrogen and oxygen atoms in total. The highest BCUT2D eigenvalue weighted by molar-refractivity contribution is 6.36. The molecule has 0 aliphatic carbocycles. The lowest BCUT2D eigenvalue weighted by molar-refractivity contribution is -0.140. The number of carbonyl (C=O) groups is 1. The molecule has 17 heavy (non-hydrogen) atoms. The molecule has 1 heterocycles. The van der Waals surface area contributed by atoms with E-state index in [-0.39, 0.29) is 18.6 Å². The van der Waals surface area contributed by atoms with E-state index in [2.05, 4.69) is 20.4 Å². The number of carbonyl (C=O) groups excluding carboxylic acids is 1. The van der Waals surface area contributed by atoms with Gasteiger partial charge in [-0.2, -0.15) is 0 Å². The molecule has 0 unspecified atom stereocenters. The van der Waals surface area contributed by atoms with E-state index < -0.39 is 13.3 Å². The summed E-state index contributed by atoms with van der Waals surface area (Å²) in [7, 11) is -0.661. The van der Waals surface area contributed by atoms with Gasteiger partial charge in [0.15, 0.2) is 0 Å². The fraction of sp³-hybridized carbons (Fsp3) is 0.727. The van der Waals surface area contributed by atoms with Crippen molar-refractivity contribution in [3.63, 3.8) is 0 Å². The normalized spacial score (nSPS) is 18.9. The van der Waals surface area contributed by atoms with Gasteiger partial charge in [-0.25, -0.2) is 4.79 Å². The second-order valence-electron chi connectivity index (χ2n) is 4.86. The molecule has 0 radical (unpaired) electrons. The summed E-state index contributed by atoms with van der Waals surface area (Å²) in [5.74, 6) is -0.416. The highest BCUT2D eigenvalue weighted by Gasteiger charge is 2.33. The van der Waals surface area contributed by atoms with E-state index in [9.17, 15) is 4.79 Å².